The molecule has 0 radical (unpaired) electrons. The van der Waals surface area contributed by atoms with Gasteiger partial charge in [0.05, 0.1) is 25.4 Å². The smallest absolute Gasteiger partial charge is 0.387 e. The van der Waals surface area contributed by atoms with Gasteiger partial charge in [-0.1, -0.05) is 137 Å². The van der Waals surface area contributed by atoms with Gasteiger partial charge in [0.1, 0.15) is 0 Å². The highest BCUT2D eigenvalue weighted by Gasteiger charge is 2.26. The number of allylic oxidation sites excluding steroid dienone is 14. The van der Waals surface area contributed by atoms with Crippen LogP contribution in [0.4, 0.5) is 0 Å². The van der Waals surface area contributed by atoms with Gasteiger partial charge in [0, 0.05) is 13.0 Å². The number of unbranched alkanes of at least 4 members (excludes halogenated alkanes) is 7. The summed E-state index contributed by atoms with van der Waals surface area (Å²) in [6.07, 6.45) is 47.7. The van der Waals surface area contributed by atoms with Crippen LogP contribution in [0.25, 0.3) is 0 Å². The van der Waals surface area contributed by atoms with Crippen molar-refractivity contribution in [2.75, 3.05) is 19.8 Å². The molecule has 0 aromatic carbocycles. The maximum Gasteiger partial charge on any atom is 0.472 e. The highest BCUT2D eigenvalue weighted by Crippen LogP contribution is 2.43. The maximum atomic E-state index is 12.6. The summed E-state index contributed by atoms with van der Waals surface area (Å²) in [7, 11) is -4.38. The number of carbonyl (C=O) groups is 1. The summed E-state index contributed by atoms with van der Waals surface area (Å²) in [4.78, 5) is 22.5. The molecule has 0 bridgehead atoms. The van der Waals surface area contributed by atoms with Crippen molar-refractivity contribution in [3.63, 3.8) is 0 Å². The lowest BCUT2D eigenvalue weighted by Gasteiger charge is -2.23. The van der Waals surface area contributed by atoms with Gasteiger partial charge < -0.3 is 21.1 Å². The van der Waals surface area contributed by atoms with Crippen LogP contribution in [0.2, 0.25) is 0 Å². The molecule has 8 nitrogen and oxygen atoms in total. The molecule has 9 heteroatoms. The van der Waals surface area contributed by atoms with E-state index in [0.717, 1.165) is 51.4 Å². The first-order chi connectivity index (χ1) is 23.9. The Morgan fingerprint density at radius 2 is 1.20 bits per heavy atom. The van der Waals surface area contributed by atoms with Gasteiger partial charge in [0.2, 0.25) is 5.91 Å². The molecule has 0 heterocycles. The summed E-state index contributed by atoms with van der Waals surface area (Å²) < 4.78 is 21.9. The predicted octanol–water partition coefficient (Wildman–Crippen LogP) is 9.66. The Bertz CT molecular complexity index is 1080. The second-order valence-corrected chi connectivity index (χ2v) is 13.1. The highest BCUT2D eigenvalue weighted by atomic mass is 31.2. The number of phosphoric acid groups is 1. The number of amides is 1. The molecule has 278 valence electrons. The second kappa shape index (κ2) is 35.3. The quantitative estimate of drug-likeness (QED) is 0.0312. The van der Waals surface area contributed by atoms with E-state index in [9.17, 15) is 19.4 Å². The van der Waals surface area contributed by atoms with Crippen LogP contribution in [-0.4, -0.2) is 47.8 Å². The van der Waals surface area contributed by atoms with E-state index in [2.05, 4.69) is 86.0 Å². The number of hydrogen-bond donors (Lipinski definition) is 4. The third-order valence-electron chi connectivity index (χ3n) is 7.15. The van der Waals surface area contributed by atoms with Crippen molar-refractivity contribution >= 4 is 13.7 Å². The van der Waals surface area contributed by atoms with E-state index in [-0.39, 0.29) is 25.5 Å². The number of nitrogens with one attached hydrogen (secondary N) is 1. The van der Waals surface area contributed by atoms with Crippen LogP contribution < -0.4 is 11.1 Å². The third-order valence-corrected chi connectivity index (χ3v) is 8.13. The standard InChI is InChI=1S/C40H67N2O6P/c1-3-5-7-9-11-13-15-17-19-21-23-25-27-29-31-33-39(43)38(37-48-49(45,46)47-36-35-41)42-40(44)34-32-30-28-26-24-22-20-18-16-14-12-10-8-6-4-2/h6,8,12,14-15,17-18,20,23-26,30-33,38-39,43H,3-5,7,9-11,13,16,19,21-22,27-29,34-37,41H2,1-2H3,(H,42,44)(H,45,46)/b8-6-,14-12-,17-15+,20-18-,25-23+,26-24-,32-30-,33-31+. The minimum atomic E-state index is -4.38. The number of hydrogen-bond acceptors (Lipinski definition) is 6. The van der Waals surface area contributed by atoms with Crippen molar-refractivity contribution < 1.29 is 28.4 Å². The molecule has 0 aliphatic rings. The zero-order valence-corrected chi connectivity index (χ0v) is 31.3. The number of aliphatic hydroxyl groups excluding tert-OH is 1. The normalized spacial score (nSPS) is 15.4. The molecule has 0 aromatic heterocycles. The molecule has 0 aromatic rings. The Kier molecular flexibility index (Phi) is 33.4. The van der Waals surface area contributed by atoms with Crippen LogP contribution >= 0.6 is 7.82 Å². The molecular weight excluding hydrogens is 635 g/mol. The average molecular weight is 703 g/mol. The fourth-order valence-electron chi connectivity index (χ4n) is 4.40. The monoisotopic (exact) mass is 702 g/mol. The number of nitrogens with two attached hydrogens (primary N) is 1. The molecule has 1 amide bonds. The van der Waals surface area contributed by atoms with Crippen LogP contribution in [0.1, 0.15) is 117 Å². The number of aliphatic hydroxyl groups is 1. The van der Waals surface area contributed by atoms with E-state index in [0.29, 0.717) is 12.8 Å². The van der Waals surface area contributed by atoms with Crippen LogP contribution in [-0.2, 0) is 18.4 Å². The lowest BCUT2D eigenvalue weighted by molar-refractivity contribution is -0.122. The molecule has 0 aliphatic carbocycles. The van der Waals surface area contributed by atoms with Crippen LogP contribution in [0, 0.1) is 0 Å². The fraction of sp³-hybridized carbons (Fsp3) is 0.575. The van der Waals surface area contributed by atoms with E-state index in [1.165, 1.54) is 32.1 Å². The molecule has 0 saturated heterocycles. The predicted molar refractivity (Wildman–Crippen MR) is 207 cm³/mol. The van der Waals surface area contributed by atoms with Gasteiger partial charge in [-0.2, -0.15) is 0 Å². The zero-order chi connectivity index (χ0) is 36.1. The molecule has 49 heavy (non-hydrogen) atoms. The first kappa shape index (κ1) is 46.4. The van der Waals surface area contributed by atoms with Crippen molar-refractivity contribution in [2.45, 2.75) is 129 Å². The maximum absolute atomic E-state index is 12.6. The molecule has 5 N–H and O–H groups in total. The van der Waals surface area contributed by atoms with E-state index in [4.69, 9.17) is 14.8 Å². The molecule has 0 fully saturated rings. The second-order valence-electron chi connectivity index (χ2n) is 11.7. The Morgan fingerprint density at radius 1 is 0.694 bits per heavy atom. The first-order valence-corrected chi connectivity index (χ1v) is 19.9. The summed E-state index contributed by atoms with van der Waals surface area (Å²) in [6.45, 7) is 3.85. The van der Waals surface area contributed by atoms with E-state index in [1.54, 1.807) is 12.2 Å². The van der Waals surface area contributed by atoms with Crippen molar-refractivity contribution in [1.82, 2.24) is 5.32 Å². The zero-order valence-electron chi connectivity index (χ0n) is 30.4. The molecule has 0 rings (SSSR count). The Morgan fingerprint density at radius 3 is 1.76 bits per heavy atom. The van der Waals surface area contributed by atoms with Crippen LogP contribution in [0.3, 0.4) is 0 Å². The van der Waals surface area contributed by atoms with Gasteiger partial charge in [-0.25, -0.2) is 4.57 Å². The topological polar surface area (TPSA) is 131 Å². The van der Waals surface area contributed by atoms with Crippen molar-refractivity contribution in [2.24, 2.45) is 5.73 Å². The van der Waals surface area contributed by atoms with E-state index >= 15 is 0 Å². The molecular formula is C40H67N2O6P. The molecule has 0 aliphatic heterocycles. The number of phosphoric ester groups is 1. The molecule has 3 unspecified atom stereocenters. The van der Waals surface area contributed by atoms with Gasteiger partial charge >= 0.3 is 7.82 Å². The first-order valence-electron chi connectivity index (χ1n) is 18.4. The lowest BCUT2D eigenvalue weighted by atomic mass is 10.1. The van der Waals surface area contributed by atoms with Gasteiger partial charge in [-0.15, -0.1) is 0 Å². The van der Waals surface area contributed by atoms with Gasteiger partial charge in [0.25, 0.3) is 0 Å². The van der Waals surface area contributed by atoms with Crippen molar-refractivity contribution in [3.05, 3.63) is 97.2 Å². The Labute approximate surface area is 298 Å². The summed E-state index contributed by atoms with van der Waals surface area (Å²) in [5, 5.41) is 13.5. The van der Waals surface area contributed by atoms with Crippen molar-refractivity contribution in [3.8, 4) is 0 Å². The largest absolute Gasteiger partial charge is 0.472 e. The fourth-order valence-corrected chi connectivity index (χ4v) is 5.16. The van der Waals surface area contributed by atoms with E-state index < -0.39 is 26.6 Å². The van der Waals surface area contributed by atoms with Gasteiger partial charge in [0.15, 0.2) is 0 Å². The highest BCUT2D eigenvalue weighted by molar-refractivity contribution is 7.47. The van der Waals surface area contributed by atoms with Gasteiger partial charge in [-0.3, -0.25) is 13.8 Å². The molecule has 0 spiro atoms. The Hall–Kier alpha value is -2.58. The summed E-state index contributed by atoms with van der Waals surface area (Å²) in [5.74, 6) is -0.341. The Balaban J connectivity index is 4.61. The van der Waals surface area contributed by atoms with Crippen molar-refractivity contribution in [1.29, 1.82) is 0 Å². The van der Waals surface area contributed by atoms with Crippen LogP contribution in [0.15, 0.2) is 97.2 Å². The number of carbonyl (C=O) groups excluding carboxylic acids is 1. The summed E-state index contributed by atoms with van der Waals surface area (Å²) >= 11 is 0. The van der Waals surface area contributed by atoms with Gasteiger partial charge in [-0.05, 0) is 70.6 Å². The molecule has 0 saturated carbocycles. The minimum absolute atomic E-state index is 0.0526. The average Bonchev–Trinajstić information content (AvgIpc) is 3.09. The summed E-state index contributed by atoms with van der Waals surface area (Å²) in [5.41, 5.74) is 5.34. The lowest BCUT2D eigenvalue weighted by Crippen LogP contribution is -2.45. The third kappa shape index (κ3) is 33.7. The minimum Gasteiger partial charge on any atom is -0.387 e. The van der Waals surface area contributed by atoms with Crippen LogP contribution in [0.5, 0.6) is 0 Å². The SMILES string of the molecule is CC/C=C\C/C=C\C/C=C\C/C=C\C/C=C\CC(=O)NC(COP(=O)(O)OCCN)C(O)/C=C/CC/C=C/CC/C=C/CCCCCCC. The number of rotatable bonds is 32. The van der Waals surface area contributed by atoms with E-state index in [1.807, 2.05) is 18.2 Å². The summed E-state index contributed by atoms with van der Waals surface area (Å²) in [6, 6.07) is -0.942. The molecule has 3 atom stereocenters.